The lowest BCUT2D eigenvalue weighted by molar-refractivity contribution is -0.121. The Morgan fingerprint density at radius 3 is 2.52 bits per heavy atom. The van der Waals surface area contributed by atoms with Gasteiger partial charge in [-0.15, -0.1) is 10.2 Å². The normalized spacial score (nSPS) is 13.8. The molecular formula is C33H34ClN5O5. The second kappa shape index (κ2) is 13.7. The number of phenols is 2. The van der Waals surface area contributed by atoms with Crippen molar-refractivity contribution >= 4 is 29.0 Å². The van der Waals surface area contributed by atoms with Gasteiger partial charge in [0.15, 0.2) is 23.1 Å². The van der Waals surface area contributed by atoms with Gasteiger partial charge in [-0.25, -0.2) is 0 Å². The molecule has 1 aliphatic heterocycles. The third-order valence-corrected chi connectivity index (χ3v) is 7.63. The number of unbranched alkanes of at least 4 members (excludes halogenated alkanes) is 2. The number of hydrogen-bond donors (Lipinski definition) is 3. The van der Waals surface area contributed by atoms with Crippen molar-refractivity contribution in [1.29, 1.82) is 0 Å². The van der Waals surface area contributed by atoms with Crippen molar-refractivity contribution in [2.75, 3.05) is 13.2 Å². The number of fused-ring (bicyclic) bond motifs is 3. The smallest absolute Gasteiger partial charge is 0.222 e. The summed E-state index contributed by atoms with van der Waals surface area (Å²) in [5.74, 6) is 1.17. The number of benzene rings is 3. The standard InChI is InChI=1S/C33H34ClN5O5/c1-3-35-31(43)19-26-33-38-37-20(2)39(33)27-14-13-24(18-25(27)32(36-26)21-8-11-23(34)12-9-21)44-16-6-4-5-7-28(40)22-10-15-29(41)30(42)17-22/h8-15,17-18,26,41-42H,3-7,16,19H2,1-2H3,(H,35,43)/t26-/m0/s1. The van der Waals surface area contributed by atoms with Crippen molar-refractivity contribution in [3.63, 3.8) is 0 Å². The molecule has 2 heterocycles. The number of phenolic OH excluding ortho intramolecular Hbond substituents is 2. The van der Waals surface area contributed by atoms with Crippen LogP contribution in [0.3, 0.4) is 0 Å². The first-order chi connectivity index (χ1) is 21.2. The minimum Gasteiger partial charge on any atom is -0.504 e. The fourth-order valence-electron chi connectivity index (χ4n) is 5.18. The van der Waals surface area contributed by atoms with Crippen LogP contribution in [0, 0.1) is 6.92 Å². The number of aliphatic imine (C=N–C) groups is 1. The molecule has 0 radical (unpaired) electrons. The molecule has 228 valence electrons. The summed E-state index contributed by atoms with van der Waals surface area (Å²) in [4.78, 5) is 30.2. The zero-order valence-electron chi connectivity index (χ0n) is 24.6. The zero-order valence-corrected chi connectivity index (χ0v) is 25.3. The number of halogens is 1. The van der Waals surface area contributed by atoms with Gasteiger partial charge in [0.25, 0.3) is 0 Å². The van der Waals surface area contributed by atoms with Gasteiger partial charge in [0, 0.05) is 34.7 Å². The molecule has 0 bridgehead atoms. The molecule has 4 aromatic rings. The summed E-state index contributed by atoms with van der Waals surface area (Å²) >= 11 is 6.20. The number of carbonyl (C=O) groups is 2. The summed E-state index contributed by atoms with van der Waals surface area (Å²) in [6, 6.07) is 16.8. The molecule has 0 fully saturated rings. The van der Waals surface area contributed by atoms with E-state index in [2.05, 4.69) is 15.5 Å². The fourth-order valence-corrected chi connectivity index (χ4v) is 5.31. The van der Waals surface area contributed by atoms with Crippen molar-refractivity contribution in [1.82, 2.24) is 20.1 Å². The Hall–Kier alpha value is -4.70. The summed E-state index contributed by atoms with van der Waals surface area (Å²) in [6.45, 7) is 4.72. The molecule has 3 aromatic carbocycles. The van der Waals surface area contributed by atoms with Crippen LogP contribution in [0.25, 0.3) is 5.69 Å². The Balaban J connectivity index is 1.33. The molecule has 1 aliphatic rings. The number of carbonyl (C=O) groups excluding carboxylic acids is 2. The predicted molar refractivity (Wildman–Crippen MR) is 167 cm³/mol. The molecule has 1 aromatic heterocycles. The van der Waals surface area contributed by atoms with Crippen molar-refractivity contribution in [2.45, 2.75) is 52.0 Å². The number of aromatic nitrogens is 3. The van der Waals surface area contributed by atoms with Gasteiger partial charge < -0.3 is 20.3 Å². The van der Waals surface area contributed by atoms with Crippen LogP contribution in [0.4, 0.5) is 0 Å². The molecule has 5 rings (SSSR count). The Morgan fingerprint density at radius 1 is 0.977 bits per heavy atom. The largest absolute Gasteiger partial charge is 0.504 e. The van der Waals surface area contributed by atoms with Crippen molar-refractivity contribution in [2.24, 2.45) is 4.99 Å². The monoisotopic (exact) mass is 615 g/mol. The van der Waals surface area contributed by atoms with Gasteiger partial charge in [-0.1, -0.05) is 23.7 Å². The molecule has 44 heavy (non-hydrogen) atoms. The van der Waals surface area contributed by atoms with E-state index in [1.54, 1.807) is 0 Å². The number of aromatic hydroxyl groups is 2. The third kappa shape index (κ3) is 6.92. The highest BCUT2D eigenvalue weighted by Crippen LogP contribution is 2.34. The first kappa shape index (κ1) is 30.7. The van der Waals surface area contributed by atoms with Crippen LogP contribution in [0.15, 0.2) is 65.7 Å². The molecule has 3 N–H and O–H groups in total. The van der Waals surface area contributed by atoms with Gasteiger partial charge in [-0.2, -0.15) is 0 Å². The minimum absolute atomic E-state index is 0.0879. The first-order valence-electron chi connectivity index (χ1n) is 14.6. The number of aryl methyl sites for hydroxylation is 1. The lowest BCUT2D eigenvalue weighted by Gasteiger charge is -2.15. The molecule has 10 nitrogen and oxygen atoms in total. The summed E-state index contributed by atoms with van der Waals surface area (Å²) in [5, 5.41) is 31.3. The Morgan fingerprint density at radius 2 is 1.77 bits per heavy atom. The molecule has 11 heteroatoms. The molecule has 1 atom stereocenters. The second-order valence-corrected chi connectivity index (χ2v) is 11.0. The number of rotatable bonds is 12. The topological polar surface area (TPSA) is 139 Å². The number of nitrogens with zero attached hydrogens (tertiary/aromatic N) is 4. The summed E-state index contributed by atoms with van der Waals surface area (Å²) in [6.07, 6.45) is 2.65. The van der Waals surface area contributed by atoms with E-state index in [0.717, 1.165) is 29.7 Å². The van der Waals surface area contributed by atoms with Gasteiger partial charge in [0.05, 0.1) is 24.4 Å². The lowest BCUT2D eigenvalue weighted by atomic mass is 10.00. The number of Topliss-reactive ketones (excluding diaryl/α,β-unsaturated/α-hetero) is 1. The molecule has 0 saturated heterocycles. The van der Waals surface area contributed by atoms with E-state index in [1.807, 2.05) is 60.9 Å². The summed E-state index contributed by atoms with van der Waals surface area (Å²) < 4.78 is 8.08. The van der Waals surface area contributed by atoms with E-state index >= 15 is 0 Å². The molecular weight excluding hydrogens is 582 g/mol. The van der Waals surface area contributed by atoms with Crippen molar-refractivity contribution in [3.8, 4) is 22.9 Å². The maximum absolute atomic E-state index is 12.7. The molecule has 0 saturated carbocycles. The SMILES string of the molecule is CCNC(=O)C[C@@H]1N=C(c2ccc(Cl)cc2)c2cc(OCCCCCC(=O)c3ccc(O)c(O)c3)ccc2-n2c(C)nnc21. The molecule has 0 spiro atoms. The molecule has 0 aliphatic carbocycles. The van der Waals surface area contributed by atoms with Crippen LogP contribution in [0.5, 0.6) is 17.2 Å². The zero-order chi connectivity index (χ0) is 31.2. The Kier molecular flexibility index (Phi) is 9.59. The second-order valence-electron chi connectivity index (χ2n) is 10.6. The number of hydrogen-bond acceptors (Lipinski definition) is 8. The van der Waals surface area contributed by atoms with Gasteiger partial charge in [0.1, 0.15) is 17.6 Å². The number of amides is 1. The third-order valence-electron chi connectivity index (χ3n) is 7.38. The minimum atomic E-state index is -0.557. The Labute approximate surface area is 260 Å². The summed E-state index contributed by atoms with van der Waals surface area (Å²) in [5.41, 5.74) is 3.56. The average molecular weight is 616 g/mol. The van der Waals surface area contributed by atoms with E-state index in [9.17, 15) is 19.8 Å². The average Bonchev–Trinajstić information content (AvgIpc) is 3.33. The lowest BCUT2D eigenvalue weighted by Crippen LogP contribution is -2.25. The van der Waals surface area contributed by atoms with Gasteiger partial charge in [-0.3, -0.25) is 19.1 Å². The Bertz CT molecular complexity index is 1700. The van der Waals surface area contributed by atoms with Crippen LogP contribution in [0.1, 0.15) is 78.2 Å². The number of ketones is 1. The maximum atomic E-state index is 12.7. The molecule has 1 amide bonds. The van der Waals surface area contributed by atoms with Crippen LogP contribution < -0.4 is 10.1 Å². The van der Waals surface area contributed by atoms with E-state index in [0.29, 0.717) is 59.7 Å². The van der Waals surface area contributed by atoms with Crippen molar-refractivity contribution in [3.05, 3.63) is 94.0 Å². The van der Waals surface area contributed by atoms with E-state index in [-0.39, 0.29) is 29.6 Å². The highest BCUT2D eigenvalue weighted by atomic mass is 35.5. The fraction of sp³-hybridized carbons (Fsp3) is 0.303. The van der Waals surface area contributed by atoms with Crippen molar-refractivity contribution < 1.29 is 24.5 Å². The van der Waals surface area contributed by atoms with Crippen LogP contribution in [-0.2, 0) is 4.79 Å². The number of nitrogens with one attached hydrogen (secondary N) is 1. The van der Waals surface area contributed by atoms with Crippen LogP contribution in [0.2, 0.25) is 5.02 Å². The van der Waals surface area contributed by atoms with Crippen LogP contribution in [-0.4, -0.2) is 55.5 Å². The van der Waals surface area contributed by atoms with Crippen LogP contribution >= 0.6 is 11.6 Å². The highest BCUT2D eigenvalue weighted by molar-refractivity contribution is 6.30. The van der Waals surface area contributed by atoms with E-state index in [1.165, 1.54) is 18.2 Å². The van der Waals surface area contributed by atoms with Gasteiger partial charge >= 0.3 is 0 Å². The maximum Gasteiger partial charge on any atom is 0.222 e. The summed E-state index contributed by atoms with van der Waals surface area (Å²) in [7, 11) is 0. The predicted octanol–water partition coefficient (Wildman–Crippen LogP) is 5.88. The molecule has 0 unspecified atom stereocenters. The highest BCUT2D eigenvalue weighted by Gasteiger charge is 2.30. The number of ether oxygens (including phenoxy) is 1. The quantitative estimate of drug-likeness (QED) is 0.103. The first-order valence-corrected chi connectivity index (χ1v) is 15.0. The van der Waals surface area contributed by atoms with Gasteiger partial charge in [0.2, 0.25) is 5.91 Å². The van der Waals surface area contributed by atoms with E-state index in [4.69, 9.17) is 21.3 Å². The van der Waals surface area contributed by atoms with Gasteiger partial charge in [-0.05, 0) is 81.6 Å². The van der Waals surface area contributed by atoms with E-state index < -0.39 is 6.04 Å².